The minimum Gasteiger partial charge on any atom is -0.550 e. The van der Waals surface area contributed by atoms with Crippen molar-refractivity contribution < 1.29 is 19.4 Å². The summed E-state index contributed by atoms with van der Waals surface area (Å²) >= 11 is 0. The minimum absolute atomic E-state index is 0.0817. The van der Waals surface area contributed by atoms with Gasteiger partial charge in [0.05, 0.1) is 18.6 Å². The van der Waals surface area contributed by atoms with Gasteiger partial charge in [-0.15, -0.1) is 0 Å². The van der Waals surface area contributed by atoms with Crippen molar-refractivity contribution in [3.63, 3.8) is 0 Å². The summed E-state index contributed by atoms with van der Waals surface area (Å²) in [6, 6.07) is 0. The summed E-state index contributed by atoms with van der Waals surface area (Å²) in [6.45, 7) is 7.74. The zero-order valence-corrected chi connectivity index (χ0v) is 14.4. The molecule has 1 spiro atoms. The zero-order valence-electron chi connectivity index (χ0n) is 14.4. The van der Waals surface area contributed by atoms with Crippen molar-refractivity contribution in [2.75, 3.05) is 13.1 Å². The monoisotopic (exact) mass is 330 g/mol. The van der Waals surface area contributed by atoms with Crippen molar-refractivity contribution in [2.45, 2.75) is 38.9 Å². The molecule has 24 heavy (non-hydrogen) atoms. The molecule has 2 bridgehead atoms. The molecule has 0 aromatic rings. The van der Waals surface area contributed by atoms with Crippen LogP contribution in [0.4, 0.5) is 0 Å². The van der Waals surface area contributed by atoms with Crippen molar-refractivity contribution in [1.82, 2.24) is 4.90 Å². The predicted octanol–water partition coefficient (Wildman–Crippen LogP) is 0.757. The smallest absolute Gasteiger partial charge is 0.229 e. The number of allylic oxidation sites excluding steroid dienone is 2. The van der Waals surface area contributed by atoms with Crippen molar-refractivity contribution in [3.05, 3.63) is 23.8 Å². The standard InChI is InChI=1S/C19H25NO4/c1-10-6-11(2)13(12(3)7-10)8-20-9-19-5-4-14(24-19)15(18(22)23)16(19)17(20)21/h4-6,11-16H,7-9H2,1-3H3,(H,22,23)/p-1/t11-,12-,13-,14+,15-,16+,19+/m0/s1. The van der Waals surface area contributed by atoms with Gasteiger partial charge >= 0.3 is 0 Å². The summed E-state index contributed by atoms with van der Waals surface area (Å²) in [4.78, 5) is 26.3. The number of aliphatic carboxylic acids is 1. The molecule has 0 aromatic carbocycles. The second-order valence-corrected chi connectivity index (χ2v) is 8.16. The fraction of sp³-hybridized carbons (Fsp3) is 0.684. The molecule has 0 aromatic heterocycles. The highest BCUT2D eigenvalue weighted by atomic mass is 16.5. The number of rotatable bonds is 3. The minimum atomic E-state index is -1.18. The molecule has 1 amide bonds. The molecule has 3 aliphatic heterocycles. The third-order valence-corrected chi connectivity index (χ3v) is 6.48. The Bertz CT molecular complexity index is 654. The van der Waals surface area contributed by atoms with Gasteiger partial charge in [-0.2, -0.15) is 0 Å². The number of amides is 1. The highest BCUT2D eigenvalue weighted by Gasteiger charge is 2.65. The van der Waals surface area contributed by atoms with E-state index in [1.165, 1.54) is 5.57 Å². The number of fused-ring (bicyclic) bond motifs is 1. The van der Waals surface area contributed by atoms with Crippen LogP contribution in [-0.2, 0) is 14.3 Å². The van der Waals surface area contributed by atoms with E-state index >= 15 is 0 Å². The first-order valence-electron chi connectivity index (χ1n) is 8.86. The zero-order chi connectivity index (χ0) is 17.2. The Balaban J connectivity index is 1.56. The Morgan fingerprint density at radius 3 is 2.88 bits per heavy atom. The predicted molar refractivity (Wildman–Crippen MR) is 85.5 cm³/mol. The summed E-state index contributed by atoms with van der Waals surface area (Å²) in [5, 5.41) is 11.5. The summed E-state index contributed by atoms with van der Waals surface area (Å²) in [5.74, 6) is -1.40. The van der Waals surface area contributed by atoms with Gasteiger partial charge in [-0.05, 0) is 31.1 Å². The molecule has 2 fully saturated rings. The van der Waals surface area contributed by atoms with Gasteiger partial charge in [0.1, 0.15) is 5.60 Å². The lowest BCUT2D eigenvalue weighted by Crippen LogP contribution is -2.45. The Hall–Kier alpha value is -1.62. The lowest BCUT2D eigenvalue weighted by molar-refractivity contribution is -0.313. The van der Waals surface area contributed by atoms with Crippen molar-refractivity contribution in [1.29, 1.82) is 0 Å². The lowest BCUT2D eigenvalue weighted by atomic mass is 9.75. The van der Waals surface area contributed by atoms with Crippen LogP contribution >= 0.6 is 0 Å². The maximum Gasteiger partial charge on any atom is 0.229 e. The van der Waals surface area contributed by atoms with E-state index in [0.29, 0.717) is 30.8 Å². The number of carbonyl (C=O) groups is 2. The molecule has 5 heteroatoms. The molecular formula is C19H24NO4-. The van der Waals surface area contributed by atoms with Gasteiger partial charge in [0.15, 0.2) is 0 Å². The lowest BCUT2D eigenvalue weighted by Gasteiger charge is -2.36. The second kappa shape index (κ2) is 5.19. The average Bonchev–Trinajstić information content (AvgIpc) is 3.11. The van der Waals surface area contributed by atoms with Crippen LogP contribution in [0, 0.1) is 29.6 Å². The molecule has 4 rings (SSSR count). The Morgan fingerprint density at radius 1 is 1.46 bits per heavy atom. The average molecular weight is 330 g/mol. The Kier molecular flexibility index (Phi) is 3.43. The third kappa shape index (κ3) is 2.10. The molecule has 1 aliphatic carbocycles. The summed E-state index contributed by atoms with van der Waals surface area (Å²) in [7, 11) is 0. The summed E-state index contributed by atoms with van der Waals surface area (Å²) in [6.07, 6.45) is 6.54. The number of likely N-dealkylation sites (tertiary alicyclic amines) is 1. The van der Waals surface area contributed by atoms with E-state index in [0.717, 1.165) is 6.42 Å². The fourth-order valence-electron chi connectivity index (χ4n) is 5.42. The Labute approximate surface area is 142 Å². The third-order valence-electron chi connectivity index (χ3n) is 6.48. The number of carbonyl (C=O) groups excluding carboxylic acids is 2. The summed E-state index contributed by atoms with van der Waals surface area (Å²) < 4.78 is 5.91. The van der Waals surface area contributed by atoms with E-state index in [1.54, 1.807) is 6.08 Å². The highest BCUT2D eigenvalue weighted by Crippen LogP contribution is 2.52. The molecule has 7 atom stereocenters. The fourth-order valence-corrected chi connectivity index (χ4v) is 5.42. The van der Waals surface area contributed by atoms with Crippen LogP contribution < -0.4 is 5.11 Å². The van der Waals surface area contributed by atoms with Crippen LogP contribution in [0.1, 0.15) is 27.2 Å². The van der Waals surface area contributed by atoms with Crippen molar-refractivity contribution in [3.8, 4) is 0 Å². The van der Waals surface area contributed by atoms with E-state index in [1.807, 2.05) is 11.0 Å². The number of carboxylic acids is 1. The van der Waals surface area contributed by atoms with E-state index in [-0.39, 0.29) is 5.91 Å². The van der Waals surface area contributed by atoms with E-state index < -0.39 is 29.5 Å². The van der Waals surface area contributed by atoms with E-state index in [9.17, 15) is 14.7 Å². The first-order chi connectivity index (χ1) is 11.3. The van der Waals surface area contributed by atoms with Gasteiger partial charge in [-0.1, -0.05) is 37.6 Å². The first-order valence-corrected chi connectivity index (χ1v) is 8.86. The second-order valence-electron chi connectivity index (χ2n) is 8.16. The first kappa shape index (κ1) is 15.9. The maximum absolute atomic E-state index is 12.9. The van der Waals surface area contributed by atoms with Crippen LogP contribution in [0.25, 0.3) is 0 Å². The van der Waals surface area contributed by atoms with Gasteiger partial charge in [0, 0.05) is 18.4 Å². The topological polar surface area (TPSA) is 69.7 Å². The van der Waals surface area contributed by atoms with Gasteiger partial charge in [-0.25, -0.2) is 0 Å². The van der Waals surface area contributed by atoms with Crippen LogP contribution in [0.15, 0.2) is 23.8 Å². The van der Waals surface area contributed by atoms with Crippen molar-refractivity contribution in [2.24, 2.45) is 29.6 Å². The number of hydrogen-bond donors (Lipinski definition) is 0. The van der Waals surface area contributed by atoms with Crippen LogP contribution in [0.5, 0.6) is 0 Å². The largest absolute Gasteiger partial charge is 0.550 e. The van der Waals surface area contributed by atoms with E-state index in [2.05, 4.69) is 26.8 Å². The van der Waals surface area contributed by atoms with Gasteiger partial charge < -0.3 is 19.5 Å². The van der Waals surface area contributed by atoms with Crippen LogP contribution in [0.2, 0.25) is 0 Å². The van der Waals surface area contributed by atoms with Crippen molar-refractivity contribution >= 4 is 11.9 Å². The number of hydrogen-bond acceptors (Lipinski definition) is 4. The van der Waals surface area contributed by atoms with Gasteiger partial charge in [0.25, 0.3) is 0 Å². The molecular weight excluding hydrogens is 306 g/mol. The number of nitrogens with zero attached hydrogens (tertiary/aromatic N) is 1. The van der Waals surface area contributed by atoms with E-state index in [4.69, 9.17) is 4.74 Å². The number of carboxylic acid groups (broad SMARTS) is 1. The Morgan fingerprint density at radius 2 is 2.21 bits per heavy atom. The summed E-state index contributed by atoms with van der Waals surface area (Å²) in [5.41, 5.74) is 0.663. The van der Waals surface area contributed by atoms with Crippen LogP contribution in [-0.4, -0.2) is 41.6 Å². The maximum atomic E-state index is 12.9. The molecule has 2 saturated heterocycles. The quantitative estimate of drug-likeness (QED) is 0.716. The molecule has 0 N–H and O–H groups in total. The molecule has 0 radical (unpaired) electrons. The van der Waals surface area contributed by atoms with Gasteiger partial charge in [0.2, 0.25) is 5.91 Å². The molecule has 0 saturated carbocycles. The SMILES string of the molecule is CC1=C[C@H](C)[C@H](CN2C[C@@]34C=C[C@@H](O3)[C@H](C(=O)[O-])[C@@H]4C2=O)[C@@H](C)C1. The number of ether oxygens (including phenoxy) is 1. The molecule has 4 aliphatic rings. The molecule has 3 heterocycles. The molecule has 5 nitrogen and oxygen atoms in total. The normalized spacial score (nSPS) is 46.4. The van der Waals surface area contributed by atoms with Gasteiger partial charge in [-0.3, -0.25) is 4.79 Å². The van der Waals surface area contributed by atoms with Crippen LogP contribution in [0.3, 0.4) is 0 Å². The molecule has 130 valence electrons. The molecule has 0 unspecified atom stereocenters. The highest BCUT2D eigenvalue weighted by molar-refractivity contribution is 5.90.